The van der Waals surface area contributed by atoms with Crippen LogP contribution in [-0.2, 0) is 0 Å². The first-order valence-corrected chi connectivity index (χ1v) is 14.6. The van der Waals surface area contributed by atoms with Gasteiger partial charge in [0.25, 0.3) is 0 Å². The van der Waals surface area contributed by atoms with Crippen LogP contribution in [0, 0.1) is 12.8 Å². The number of hydrogen-bond acceptors (Lipinski definition) is 0. The third-order valence-electron chi connectivity index (χ3n) is 7.04. The highest BCUT2D eigenvalue weighted by molar-refractivity contribution is 4.62. The predicted molar refractivity (Wildman–Crippen MR) is 140 cm³/mol. The largest absolute Gasteiger partial charge is 0.0654 e. The molecule has 0 amide bonds. The summed E-state index contributed by atoms with van der Waals surface area (Å²) < 4.78 is 0. The number of rotatable bonds is 26. The Kier molecular flexibility index (Phi) is 27.0. The molecule has 30 heavy (non-hydrogen) atoms. The SMILES string of the molecule is [CH2]CCC(CCCCCCCC)CCCCCCCCCCCCCCCCCC. The van der Waals surface area contributed by atoms with Gasteiger partial charge in [0.15, 0.2) is 0 Å². The summed E-state index contributed by atoms with van der Waals surface area (Å²) in [5.41, 5.74) is 0. The van der Waals surface area contributed by atoms with E-state index in [1.807, 2.05) is 0 Å². The normalized spacial score (nSPS) is 12.5. The smallest absolute Gasteiger partial charge is 0.0414 e. The van der Waals surface area contributed by atoms with E-state index in [1.165, 1.54) is 161 Å². The minimum absolute atomic E-state index is 0.973. The van der Waals surface area contributed by atoms with Crippen LogP contribution >= 0.6 is 0 Å². The van der Waals surface area contributed by atoms with Crippen molar-refractivity contribution in [2.24, 2.45) is 5.92 Å². The van der Waals surface area contributed by atoms with Crippen molar-refractivity contribution in [1.29, 1.82) is 0 Å². The Balaban J connectivity index is 3.31. The van der Waals surface area contributed by atoms with Gasteiger partial charge in [-0.1, -0.05) is 188 Å². The van der Waals surface area contributed by atoms with Crippen LogP contribution in [-0.4, -0.2) is 0 Å². The van der Waals surface area contributed by atoms with Crippen molar-refractivity contribution in [3.05, 3.63) is 6.92 Å². The van der Waals surface area contributed by atoms with Gasteiger partial charge in [-0.25, -0.2) is 0 Å². The van der Waals surface area contributed by atoms with Gasteiger partial charge in [0.1, 0.15) is 0 Å². The van der Waals surface area contributed by atoms with E-state index < -0.39 is 0 Å². The molecule has 0 bridgehead atoms. The van der Waals surface area contributed by atoms with Gasteiger partial charge < -0.3 is 0 Å². The molecule has 0 aliphatic carbocycles. The Morgan fingerprint density at radius 2 is 0.633 bits per heavy atom. The molecule has 0 saturated heterocycles. The van der Waals surface area contributed by atoms with Gasteiger partial charge in [0.05, 0.1) is 0 Å². The van der Waals surface area contributed by atoms with Gasteiger partial charge in [0, 0.05) is 0 Å². The summed E-state index contributed by atoms with van der Waals surface area (Å²) in [4.78, 5) is 0. The van der Waals surface area contributed by atoms with Crippen molar-refractivity contribution in [2.45, 2.75) is 181 Å². The van der Waals surface area contributed by atoms with Crippen molar-refractivity contribution < 1.29 is 0 Å². The first-order chi connectivity index (χ1) is 14.8. The molecule has 0 aliphatic rings. The minimum atomic E-state index is 0.973. The van der Waals surface area contributed by atoms with Gasteiger partial charge in [-0.05, 0) is 5.92 Å². The lowest BCUT2D eigenvalue weighted by Gasteiger charge is -2.16. The van der Waals surface area contributed by atoms with Crippen molar-refractivity contribution in [2.75, 3.05) is 0 Å². The lowest BCUT2D eigenvalue weighted by atomic mass is 9.90. The summed E-state index contributed by atoms with van der Waals surface area (Å²) in [5.74, 6) is 0.973. The summed E-state index contributed by atoms with van der Waals surface area (Å²) >= 11 is 0. The summed E-state index contributed by atoms with van der Waals surface area (Å²) in [7, 11) is 0. The van der Waals surface area contributed by atoms with Crippen LogP contribution in [0.3, 0.4) is 0 Å². The van der Waals surface area contributed by atoms with Crippen LogP contribution in [0.15, 0.2) is 0 Å². The third-order valence-corrected chi connectivity index (χ3v) is 7.04. The van der Waals surface area contributed by atoms with Crippen molar-refractivity contribution in [3.63, 3.8) is 0 Å². The molecule has 0 heterocycles. The monoisotopic (exact) mass is 421 g/mol. The molecule has 0 fully saturated rings. The second-order valence-electron chi connectivity index (χ2n) is 10.2. The summed E-state index contributed by atoms with van der Waals surface area (Å²) in [6, 6.07) is 0. The van der Waals surface area contributed by atoms with E-state index in [0.29, 0.717) is 0 Å². The quantitative estimate of drug-likeness (QED) is 0.122. The fourth-order valence-electron chi connectivity index (χ4n) is 4.92. The molecule has 0 heteroatoms. The Bertz CT molecular complexity index is 282. The molecule has 181 valence electrons. The zero-order chi connectivity index (χ0) is 22.0. The Morgan fingerprint density at radius 1 is 0.367 bits per heavy atom. The summed E-state index contributed by atoms with van der Waals surface area (Å²) in [6.07, 6.45) is 37.6. The van der Waals surface area contributed by atoms with E-state index >= 15 is 0 Å². The first-order valence-electron chi connectivity index (χ1n) is 14.6. The predicted octanol–water partition coefficient (Wildman–Crippen LogP) is 11.6. The molecule has 1 unspecified atom stereocenters. The maximum Gasteiger partial charge on any atom is -0.0414 e. The van der Waals surface area contributed by atoms with E-state index in [0.717, 1.165) is 12.3 Å². The van der Waals surface area contributed by atoms with Crippen molar-refractivity contribution >= 4 is 0 Å². The maximum atomic E-state index is 4.12. The van der Waals surface area contributed by atoms with E-state index in [4.69, 9.17) is 0 Å². The van der Waals surface area contributed by atoms with E-state index in [2.05, 4.69) is 20.8 Å². The molecule has 0 saturated carbocycles. The first kappa shape index (κ1) is 30.0. The Morgan fingerprint density at radius 3 is 0.900 bits per heavy atom. The summed E-state index contributed by atoms with van der Waals surface area (Å²) in [6.45, 7) is 8.73. The maximum absolute atomic E-state index is 4.12. The van der Waals surface area contributed by atoms with Gasteiger partial charge in [-0.2, -0.15) is 0 Å². The standard InChI is InChI=1S/C30H61/c1-4-7-9-11-13-14-15-16-17-18-19-20-21-22-24-26-29-30(27-6-3)28-25-23-12-10-8-5-2/h30H,3-29H2,1-2H3. The molecular formula is C30H61. The highest BCUT2D eigenvalue weighted by Crippen LogP contribution is 2.23. The molecule has 0 aromatic carbocycles. The van der Waals surface area contributed by atoms with Crippen molar-refractivity contribution in [3.8, 4) is 0 Å². The molecule has 0 aliphatic heterocycles. The molecule has 1 atom stereocenters. The van der Waals surface area contributed by atoms with Gasteiger partial charge >= 0.3 is 0 Å². The van der Waals surface area contributed by atoms with Crippen LogP contribution < -0.4 is 0 Å². The average molecular weight is 422 g/mol. The number of hydrogen-bond donors (Lipinski definition) is 0. The zero-order valence-corrected chi connectivity index (χ0v) is 21.7. The molecule has 0 aromatic rings. The van der Waals surface area contributed by atoms with Crippen LogP contribution in [0.2, 0.25) is 0 Å². The molecular weight excluding hydrogens is 360 g/mol. The average Bonchev–Trinajstić information content (AvgIpc) is 2.75. The Labute approximate surface area is 193 Å². The lowest BCUT2D eigenvalue weighted by Crippen LogP contribution is -2.00. The van der Waals surface area contributed by atoms with E-state index in [9.17, 15) is 0 Å². The fraction of sp³-hybridized carbons (Fsp3) is 0.967. The van der Waals surface area contributed by atoms with E-state index in [1.54, 1.807) is 0 Å². The van der Waals surface area contributed by atoms with Crippen LogP contribution in [0.25, 0.3) is 0 Å². The van der Waals surface area contributed by atoms with Crippen molar-refractivity contribution in [1.82, 2.24) is 0 Å². The van der Waals surface area contributed by atoms with Crippen LogP contribution in [0.5, 0.6) is 0 Å². The van der Waals surface area contributed by atoms with Gasteiger partial charge in [-0.15, -0.1) is 0 Å². The highest BCUT2D eigenvalue weighted by Gasteiger charge is 2.07. The third kappa shape index (κ3) is 24.3. The summed E-state index contributed by atoms with van der Waals surface area (Å²) in [5, 5.41) is 0. The molecule has 0 spiro atoms. The van der Waals surface area contributed by atoms with Crippen LogP contribution in [0.1, 0.15) is 181 Å². The molecule has 0 aromatic heterocycles. The molecule has 0 N–H and O–H groups in total. The Hall–Kier alpha value is 0. The van der Waals surface area contributed by atoms with Crippen LogP contribution in [0.4, 0.5) is 0 Å². The fourth-order valence-corrected chi connectivity index (χ4v) is 4.92. The lowest BCUT2D eigenvalue weighted by molar-refractivity contribution is 0.382. The second-order valence-corrected chi connectivity index (χ2v) is 10.2. The van der Waals surface area contributed by atoms with Gasteiger partial charge in [-0.3, -0.25) is 0 Å². The van der Waals surface area contributed by atoms with Gasteiger partial charge in [0.2, 0.25) is 0 Å². The minimum Gasteiger partial charge on any atom is -0.0654 e. The highest BCUT2D eigenvalue weighted by atomic mass is 14.1. The van der Waals surface area contributed by atoms with E-state index in [-0.39, 0.29) is 0 Å². The molecule has 0 rings (SSSR count). The molecule has 1 radical (unpaired) electrons. The zero-order valence-electron chi connectivity index (χ0n) is 21.7. The number of unbranched alkanes of at least 4 members (excludes halogenated alkanes) is 20. The topological polar surface area (TPSA) is 0 Å². The molecule has 0 nitrogen and oxygen atoms in total. The second kappa shape index (κ2) is 27.0.